The molecule has 0 radical (unpaired) electrons. The van der Waals surface area contributed by atoms with Crippen molar-refractivity contribution in [2.75, 3.05) is 6.61 Å². The number of carbonyl (C=O) groups excluding carboxylic acids is 1. The van der Waals surface area contributed by atoms with Crippen molar-refractivity contribution < 1.29 is 29.6 Å². The van der Waals surface area contributed by atoms with E-state index in [4.69, 9.17) is 9.47 Å². The lowest BCUT2D eigenvalue weighted by Crippen LogP contribution is -2.47. The van der Waals surface area contributed by atoms with E-state index in [0.717, 1.165) is 0 Å². The minimum atomic E-state index is -1.67. The first-order valence-corrected chi connectivity index (χ1v) is 5.89. The Balaban J connectivity index is 1.95. The van der Waals surface area contributed by atoms with Gasteiger partial charge in [0.25, 0.3) is 0 Å². The number of aliphatic hydroxyl groups excluding tert-OH is 2. The average Bonchev–Trinajstić information content (AvgIpc) is 2.60. The molecule has 1 fully saturated rings. The highest BCUT2D eigenvalue weighted by Gasteiger charge is 2.52. The highest BCUT2D eigenvalue weighted by Crippen LogP contribution is 2.30. The second-order valence-corrected chi connectivity index (χ2v) is 4.65. The summed E-state index contributed by atoms with van der Waals surface area (Å²) in [5, 5.41) is 28.8. The van der Waals surface area contributed by atoms with Crippen LogP contribution in [0.1, 0.15) is 17.3 Å². The third-order valence-corrected chi connectivity index (χ3v) is 3.20. The quantitative estimate of drug-likeness (QED) is 0.650. The van der Waals surface area contributed by atoms with Crippen molar-refractivity contribution >= 4 is 5.97 Å². The summed E-state index contributed by atoms with van der Waals surface area (Å²) in [6.07, 6.45) is -3.91. The smallest absolute Gasteiger partial charge is 0.338 e. The van der Waals surface area contributed by atoms with Gasteiger partial charge in [0.2, 0.25) is 0 Å². The van der Waals surface area contributed by atoms with E-state index in [1.807, 2.05) is 0 Å². The molecule has 104 valence electrons. The van der Waals surface area contributed by atoms with Crippen LogP contribution < -0.4 is 0 Å². The van der Waals surface area contributed by atoms with Crippen LogP contribution in [0, 0.1) is 0 Å². The van der Waals surface area contributed by atoms with Crippen LogP contribution >= 0.6 is 0 Å². The fraction of sp³-hybridized carbons (Fsp3) is 0.462. The minimum absolute atomic E-state index is 0.255. The number of rotatable bonds is 3. The monoisotopic (exact) mass is 268 g/mol. The van der Waals surface area contributed by atoms with Gasteiger partial charge in [0.05, 0.1) is 5.56 Å². The minimum Gasteiger partial charge on any atom is -0.459 e. The van der Waals surface area contributed by atoms with E-state index in [1.54, 1.807) is 30.3 Å². The van der Waals surface area contributed by atoms with Gasteiger partial charge in [0.15, 0.2) is 6.29 Å². The van der Waals surface area contributed by atoms with Gasteiger partial charge in [-0.15, -0.1) is 0 Å². The van der Waals surface area contributed by atoms with Gasteiger partial charge in [0, 0.05) is 0 Å². The maximum absolute atomic E-state index is 11.7. The van der Waals surface area contributed by atoms with Crippen LogP contribution in [0.25, 0.3) is 0 Å². The topological polar surface area (TPSA) is 96.2 Å². The Kier molecular flexibility index (Phi) is 3.86. The second-order valence-electron chi connectivity index (χ2n) is 4.65. The third kappa shape index (κ3) is 2.76. The predicted octanol–water partition coefficient (Wildman–Crippen LogP) is -0.327. The van der Waals surface area contributed by atoms with Crippen molar-refractivity contribution in [3.63, 3.8) is 0 Å². The third-order valence-electron chi connectivity index (χ3n) is 3.20. The standard InChI is InChI=1S/C13H16O6/c1-13(17)9(19-12(16)10(13)14)7-18-11(15)8-5-3-2-4-6-8/h2-6,9-10,12,14,16-17H,7H2,1H3/t9?,10?,12?,13-/m1/s1. The molecule has 1 aliphatic rings. The lowest BCUT2D eigenvalue weighted by atomic mass is 9.95. The summed E-state index contributed by atoms with van der Waals surface area (Å²) >= 11 is 0. The van der Waals surface area contributed by atoms with Crippen LogP contribution in [0.4, 0.5) is 0 Å². The molecule has 3 N–H and O–H groups in total. The Labute approximate surface area is 110 Å². The van der Waals surface area contributed by atoms with Crippen molar-refractivity contribution in [2.24, 2.45) is 0 Å². The summed E-state index contributed by atoms with van der Waals surface area (Å²) in [6.45, 7) is 1.06. The Hall–Kier alpha value is -1.47. The van der Waals surface area contributed by atoms with Crippen LogP contribution in [-0.2, 0) is 9.47 Å². The highest BCUT2D eigenvalue weighted by atomic mass is 16.7. The van der Waals surface area contributed by atoms with Gasteiger partial charge < -0.3 is 24.8 Å². The zero-order chi connectivity index (χ0) is 14.0. The second kappa shape index (κ2) is 5.26. The average molecular weight is 268 g/mol. The van der Waals surface area contributed by atoms with Crippen molar-refractivity contribution in [1.29, 1.82) is 0 Å². The van der Waals surface area contributed by atoms with Gasteiger partial charge in [-0.05, 0) is 19.1 Å². The van der Waals surface area contributed by atoms with Gasteiger partial charge in [0.1, 0.15) is 24.4 Å². The molecule has 1 heterocycles. The Morgan fingerprint density at radius 3 is 2.53 bits per heavy atom. The molecule has 0 saturated carbocycles. The van der Waals surface area contributed by atoms with Crippen LogP contribution in [0.15, 0.2) is 30.3 Å². The summed E-state index contributed by atoms with van der Waals surface area (Å²) in [4.78, 5) is 11.7. The van der Waals surface area contributed by atoms with Crippen LogP contribution in [-0.4, -0.2) is 52.0 Å². The normalized spacial score (nSPS) is 34.2. The van der Waals surface area contributed by atoms with Crippen molar-refractivity contribution in [1.82, 2.24) is 0 Å². The Morgan fingerprint density at radius 1 is 1.37 bits per heavy atom. The summed E-state index contributed by atoms with van der Waals surface area (Å²) in [6, 6.07) is 8.37. The molecule has 3 unspecified atom stereocenters. The van der Waals surface area contributed by atoms with E-state index < -0.39 is 30.1 Å². The molecule has 6 heteroatoms. The summed E-state index contributed by atoms with van der Waals surface area (Å²) < 4.78 is 9.95. The zero-order valence-electron chi connectivity index (χ0n) is 10.4. The number of carbonyl (C=O) groups is 1. The maximum Gasteiger partial charge on any atom is 0.338 e. The van der Waals surface area contributed by atoms with E-state index in [2.05, 4.69) is 0 Å². The van der Waals surface area contributed by atoms with Gasteiger partial charge in [-0.1, -0.05) is 18.2 Å². The van der Waals surface area contributed by atoms with E-state index in [9.17, 15) is 20.1 Å². The van der Waals surface area contributed by atoms with Crippen LogP contribution in [0.2, 0.25) is 0 Å². The molecule has 0 aromatic heterocycles. The molecule has 19 heavy (non-hydrogen) atoms. The SMILES string of the molecule is C[C@@]1(O)C(COC(=O)c2ccccc2)OC(O)C1O. The Morgan fingerprint density at radius 2 is 2.00 bits per heavy atom. The number of hydrogen-bond acceptors (Lipinski definition) is 6. The summed E-state index contributed by atoms with van der Waals surface area (Å²) in [5.74, 6) is -0.559. The Bertz CT molecular complexity index is 444. The van der Waals surface area contributed by atoms with Crippen LogP contribution in [0.5, 0.6) is 0 Å². The van der Waals surface area contributed by atoms with E-state index >= 15 is 0 Å². The molecule has 0 aliphatic carbocycles. The maximum atomic E-state index is 11.7. The fourth-order valence-corrected chi connectivity index (χ4v) is 1.88. The number of aliphatic hydroxyl groups is 3. The molecule has 1 aliphatic heterocycles. The van der Waals surface area contributed by atoms with E-state index in [1.165, 1.54) is 6.92 Å². The van der Waals surface area contributed by atoms with Gasteiger partial charge in [-0.3, -0.25) is 0 Å². The molecule has 0 spiro atoms. The fourth-order valence-electron chi connectivity index (χ4n) is 1.88. The number of ether oxygens (including phenoxy) is 2. The zero-order valence-corrected chi connectivity index (χ0v) is 10.4. The molecule has 0 bridgehead atoms. The summed E-state index contributed by atoms with van der Waals surface area (Å²) in [5.41, 5.74) is -1.29. The highest BCUT2D eigenvalue weighted by molar-refractivity contribution is 5.89. The van der Waals surface area contributed by atoms with E-state index in [0.29, 0.717) is 5.56 Å². The number of hydrogen-bond donors (Lipinski definition) is 3. The first-order chi connectivity index (χ1) is 8.93. The molecule has 2 rings (SSSR count). The summed E-state index contributed by atoms with van der Waals surface area (Å²) in [7, 11) is 0. The first kappa shape index (κ1) is 14.0. The molecule has 6 nitrogen and oxygen atoms in total. The van der Waals surface area contributed by atoms with E-state index in [-0.39, 0.29) is 6.61 Å². The predicted molar refractivity (Wildman–Crippen MR) is 64.2 cm³/mol. The molecule has 0 amide bonds. The molecular weight excluding hydrogens is 252 g/mol. The number of benzene rings is 1. The molecule has 1 aromatic carbocycles. The lowest BCUT2D eigenvalue weighted by molar-refractivity contribution is -0.133. The van der Waals surface area contributed by atoms with Gasteiger partial charge in [-0.2, -0.15) is 0 Å². The number of esters is 1. The first-order valence-electron chi connectivity index (χ1n) is 5.89. The van der Waals surface area contributed by atoms with Gasteiger partial charge >= 0.3 is 5.97 Å². The molecule has 1 saturated heterocycles. The van der Waals surface area contributed by atoms with Crippen molar-refractivity contribution in [3.8, 4) is 0 Å². The van der Waals surface area contributed by atoms with Crippen LogP contribution in [0.3, 0.4) is 0 Å². The largest absolute Gasteiger partial charge is 0.459 e. The van der Waals surface area contributed by atoms with Crippen molar-refractivity contribution in [2.45, 2.75) is 31.0 Å². The molecular formula is C13H16O6. The molecule has 4 atom stereocenters. The van der Waals surface area contributed by atoms with Crippen molar-refractivity contribution in [3.05, 3.63) is 35.9 Å². The lowest BCUT2D eigenvalue weighted by Gasteiger charge is -2.25. The molecule has 1 aromatic rings. The van der Waals surface area contributed by atoms with Gasteiger partial charge in [-0.25, -0.2) is 4.79 Å².